The van der Waals surface area contributed by atoms with Gasteiger partial charge in [-0.2, -0.15) is 0 Å². The van der Waals surface area contributed by atoms with Crippen LogP contribution in [0.2, 0.25) is 0 Å². The molecule has 0 amide bonds. The lowest BCUT2D eigenvalue weighted by Gasteiger charge is -2.30. The first-order chi connectivity index (χ1) is 8.68. The molecule has 0 spiro atoms. The first kappa shape index (κ1) is 11.6. The highest BCUT2D eigenvalue weighted by molar-refractivity contribution is 9.10. The molecule has 3 rings (SSSR count). The molecule has 0 bridgehead atoms. The summed E-state index contributed by atoms with van der Waals surface area (Å²) < 4.78 is 6.71. The largest absolute Gasteiger partial charge is 0.488 e. The summed E-state index contributed by atoms with van der Waals surface area (Å²) in [6.07, 6.45) is 0. The van der Waals surface area contributed by atoms with E-state index in [1.54, 1.807) is 0 Å². The van der Waals surface area contributed by atoms with Gasteiger partial charge in [0.15, 0.2) is 11.7 Å². The highest BCUT2D eigenvalue weighted by Gasteiger charge is 2.24. The Kier molecular flexibility index (Phi) is 2.81. The standard InChI is InChI=1S/C12H15BrN4O/c1-16-6-7-18-11-9(16)3-2-8(10(11)13)17-5-4-15-12(17)14/h2-3H,4-7H2,1H3,(H2,14,15). The van der Waals surface area contributed by atoms with Gasteiger partial charge >= 0.3 is 0 Å². The Morgan fingerprint density at radius 1 is 1.33 bits per heavy atom. The Hall–Kier alpha value is -1.43. The molecule has 0 radical (unpaired) electrons. The van der Waals surface area contributed by atoms with Gasteiger partial charge in [0, 0.05) is 13.6 Å². The zero-order valence-corrected chi connectivity index (χ0v) is 11.8. The van der Waals surface area contributed by atoms with Crippen LogP contribution < -0.4 is 20.3 Å². The fourth-order valence-electron chi connectivity index (χ4n) is 2.30. The second-order valence-electron chi connectivity index (χ2n) is 4.41. The van der Waals surface area contributed by atoms with E-state index in [1.807, 2.05) is 4.90 Å². The predicted molar refractivity (Wildman–Crippen MR) is 76.7 cm³/mol. The summed E-state index contributed by atoms with van der Waals surface area (Å²) in [7, 11) is 2.07. The van der Waals surface area contributed by atoms with Gasteiger partial charge in [0.25, 0.3) is 0 Å². The maximum absolute atomic E-state index is 5.89. The lowest BCUT2D eigenvalue weighted by atomic mass is 10.2. The fourth-order valence-corrected chi connectivity index (χ4v) is 2.96. The van der Waals surface area contributed by atoms with Crippen molar-refractivity contribution in [2.75, 3.05) is 43.1 Å². The molecule has 0 aliphatic carbocycles. The molecule has 2 heterocycles. The molecule has 2 aliphatic rings. The van der Waals surface area contributed by atoms with Crippen molar-refractivity contribution in [1.29, 1.82) is 0 Å². The van der Waals surface area contributed by atoms with Gasteiger partial charge in [-0.05, 0) is 28.1 Å². The number of ether oxygens (including phenoxy) is 1. The third-order valence-corrected chi connectivity index (χ3v) is 4.07. The van der Waals surface area contributed by atoms with Gasteiger partial charge < -0.3 is 20.3 Å². The third-order valence-electron chi connectivity index (χ3n) is 3.31. The van der Waals surface area contributed by atoms with Gasteiger partial charge in [-0.15, -0.1) is 0 Å². The minimum atomic E-state index is 0.569. The molecule has 96 valence electrons. The highest BCUT2D eigenvalue weighted by atomic mass is 79.9. The molecular weight excluding hydrogens is 296 g/mol. The average molecular weight is 311 g/mol. The van der Waals surface area contributed by atoms with Crippen molar-refractivity contribution in [1.82, 2.24) is 0 Å². The number of guanidine groups is 1. The van der Waals surface area contributed by atoms with Crippen LogP contribution in [0.1, 0.15) is 0 Å². The summed E-state index contributed by atoms with van der Waals surface area (Å²) in [4.78, 5) is 8.40. The number of nitrogens with two attached hydrogens (primary N) is 1. The van der Waals surface area contributed by atoms with Crippen LogP contribution in [0.25, 0.3) is 0 Å². The van der Waals surface area contributed by atoms with E-state index in [2.05, 4.69) is 45.0 Å². The molecule has 5 nitrogen and oxygen atoms in total. The molecule has 0 aromatic heterocycles. The smallest absolute Gasteiger partial charge is 0.195 e. The number of aliphatic imine (C=N–C) groups is 1. The van der Waals surface area contributed by atoms with Crippen molar-refractivity contribution in [3.63, 3.8) is 0 Å². The number of anilines is 2. The van der Waals surface area contributed by atoms with E-state index < -0.39 is 0 Å². The van der Waals surface area contributed by atoms with Crippen LogP contribution in [0.5, 0.6) is 5.75 Å². The summed E-state index contributed by atoms with van der Waals surface area (Å²) in [5, 5.41) is 0. The molecular formula is C12H15BrN4O. The predicted octanol–water partition coefficient (Wildman–Crippen LogP) is 1.41. The molecule has 2 aliphatic heterocycles. The van der Waals surface area contributed by atoms with Crippen molar-refractivity contribution in [2.24, 2.45) is 10.7 Å². The van der Waals surface area contributed by atoms with Crippen LogP contribution in [-0.4, -0.2) is 39.2 Å². The van der Waals surface area contributed by atoms with E-state index in [9.17, 15) is 0 Å². The second kappa shape index (κ2) is 4.35. The van der Waals surface area contributed by atoms with Crippen molar-refractivity contribution in [3.05, 3.63) is 16.6 Å². The molecule has 1 aromatic rings. The van der Waals surface area contributed by atoms with Crippen LogP contribution in [0, 0.1) is 0 Å². The number of rotatable bonds is 1. The van der Waals surface area contributed by atoms with Gasteiger partial charge in [0.1, 0.15) is 6.61 Å². The van der Waals surface area contributed by atoms with Crippen LogP contribution in [0.3, 0.4) is 0 Å². The SMILES string of the molecule is CN1CCOc2c1ccc(N1CCN=C1N)c2Br. The number of likely N-dealkylation sites (N-methyl/N-ethyl adjacent to an activating group) is 1. The Balaban J connectivity index is 2.05. The molecule has 0 atom stereocenters. The van der Waals surface area contributed by atoms with E-state index >= 15 is 0 Å². The number of halogens is 1. The van der Waals surface area contributed by atoms with Crippen molar-refractivity contribution in [2.45, 2.75) is 0 Å². The summed E-state index contributed by atoms with van der Waals surface area (Å²) in [5.41, 5.74) is 8.01. The lowest BCUT2D eigenvalue weighted by Crippen LogP contribution is -2.34. The van der Waals surface area contributed by atoms with Crippen LogP contribution >= 0.6 is 15.9 Å². The fraction of sp³-hybridized carbons (Fsp3) is 0.417. The quantitative estimate of drug-likeness (QED) is 0.852. The van der Waals surface area contributed by atoms with Crippen molar-refractivity contribution < 1.29 is 4.74 Å². The molecule has 0 fully saturated rings. The topological polar surface area (TPSA) is 54.1 Å². The summed E-state index contributed by atoms with van der Waals surface area (Å²) >= 11 is 3.63. The van der Waals surface area contributed by atoms with Gasteiger partial charge in [-0.3, -0.25) is 4.99 Å². The molecule has 18 heavy (non-hydrogen) atoms. The van der Waals surface area contributed by atoms with E-state index in [1.165, 1.54) is 0 Å². The zero-order chi connectivity index (χ0) is 12.7. The maximum atomic E-state index is 5.89. The first-order valence-corrected chi connectivity index (χ1v) is 6.71. The van der Waals surface area contributed by atoms with E-state index in [0.29, 0.717) is 12.6 Å². The van der Waals surface area contributed by atoms with Crippen molar-refractivity contribution >= 4 is 33.3 Å². The molecule has 0 saturated heterocycles. The Bertz CT molecular complexity index is 517. The van der Waals surface area contributed by atoms with Crippen LogP contribution in [0.15, 0.2) is 21.6 Å². The Morgan fingerprint density at radius 2 is 2.11 bits per heavy atom. The van der Waals surface area contributed by atoms with Crippen molar-refractivity contribution in [3.8, 4) is 5.75 Å². The minimum absolute atomic E-state index is 0.569. The minimum Gasteiger partial charge on any atom is -0.488 e. The highest BCUT2D eigenvalue weighted by Crippen LogP contribution is 2.43. The van der Waals surface area contributed by atoms with Crippen LogP contribution in [0.4, 0.5) is 11.4 Å². The number of benzene rings is 1. The van der Waals surface area contributed by atoms with Gasteiger partial charge in [-0.25, -0.2) is 0 Å². The molecule has 6 heteroatoms. The van der Waals surface area contributed by atoms with Gasteiger partial charge in [0.2, 0.25) is 0 Å². The lowest BCUT2D eigenvalue weighted by molar-refractivity contribution is 0.309. The summed E-state index contributed by atoms with van der Waals surface area (Å²) in [6, 6.07) is 4.13. The third kappa shape index (κ3) is 1.71. The number of hydrogen-bond donors (Lipinski definition) is 1. The summed E-state index contributed by atoms with van der Waals surface area (Å²) in [6.45, 7) is 3.18. The molecule has 1 aromatic carbocycles. The second-order valence-corrected chi connectivity index (χ2v) is 5.20. The van der Waals surface area contributed by atoms with Gasteiger partial charge in [0.05, 0.1) is 28.9 Å². The number of nitrogens with zero attached hydrogens (tertiary/aromatic N) is 3. The molecule has 0 unspecified atom stereocenters. The average Bonchev–Trinajstić information content (AvgIpc) is 2.77. The normalized spacial score (nSPS) is 18.4. The maximum Gasteiger partial charge on any atom is 0.195 e. The Morgan fingerprint density at radius 3 is 2.83 bits per heavy atom. The van der Waals surface area contributed by atoms with Gasteiger partial charge in [-0.1, -0.05) is 0 Å². The first-order valence-electron chi connectivity index (χ1n) is 5.92. The number of fused-ring (bicyclic) bond motifs is 1. The summed E-state index contributed by atoms with van der Waals surface area (Å²) in [5.74, 6) is 1.46. The Labute approximate surface area is 114 Å². The number of hydrogen-bond acceptors (Lipinski definition) is 5. The molecule has 2 N–H and O–H groups in total. The molecule has 0 saturated carbocycles. The zero-order valence-electron chi connectivity index (χ0n) is 10.2. The van der Waals surface area contributed by atoms with E-state index in [4.69, 9.17) is 10.5 Å². The van der Waals surface area contributed by atoms with Crippen LogP contribution in [-0.2, 0) is 0 Å². The monoisotopic (exact) mass is 310 g/mol. The van der Waals surface area contributed by atoms with E-state index in [-0.39, 0.29) is 0 Å². The van der Waals surface area contributed by atoms with E-state index in [0.717, 1.165) is 41.2 Å².